The molecule has 0 saturated heterocycles. The molecule has 0 unspecified atom stereocenters. The molecule has 0 spiro atoms. The Morgan fingerprint density at radius 2 is 0.738 bits per heavy atom. The summed E-state index contributed by atoms with van der Waals surface area (Å²) in [5.74, 6) is 2.35. The number of ether oxygens (including phenoxy) is 1. The first-order valence-electron chi connectivity index (χ1n) is 24.5. The van der Waals surface area contributed by atoms with Crippen molar-refractivity contribution in [1.29, 1.82) is 0 Å². The van der Waals surface area contributed by atoms with Gasteiger partial charge in [-0.2, -0.15) is 0 Å². The number of benzene rings is 9. The first-order valence-corrected chi connectivity index (χ1v) is 24.5. The van der Waals surface area contributed by atoms with Crippen LogP contribution in [0.4, 0.5) is 22.7 Å². The van der Waals surface area contributed by atoms with Crippen molar-refractivity contribution in [2.45, 2.75) is 34.6 Å². The van der Waals surface area contributed by atoms with Crippen molar-refractivity contribution in [1.82, 2.24) is 4.98 Å². The quantitative estimate of drug-likeness (QED) is 0.100. The Morgan fingerprint density at radius 3 is 1.23 bits per heavy atom. The third-order valence-electron chi connectivity index (χ3n) is 11.6. The summed E-state index contributed by atoms with van der Waals surface area (Å²) in [5.41, 5.74) is 12.9. The maximum absolute atomic E-state index is 9.77. The second-order valence-electron chi connectivity index (χ2n) is 17.5. The molecule has 0 aliphatic rings. The van der Waals surface area contributed by atoms with Crippen molar-refractivity contribution in [2.24, 2.45) is 20.0 Å². The minimum Gasteiger partial charge on any atom is -0.507 e. The molecule has 0 saturated carbocycles. The maximum Gasteiger partial charge on any atom is 0.153 e. The van der Waals surface area contributed by atoms with E-state index in [0.29, 0.717) is 22.6 Å². The number of hydrogen-bond acceptors (Lipinski definition) is 10. The van der Waals surface area contributed by atoms with Gasteiger partial charge in [-0.05, 0) is 142 Å². The van der Waals surface area contributed by atoms with E-state index in [0.717, 1.165) is 67.1 Å². The van der Waals surface area contributed by atoms with Gasteiger partial charge in [0, 0.05) is 126 Å². The second kappa shape index (κ2) is 34.2. The molecule has 0 aliphatic heterocycles. The van der Waals surface area contributed by atoms with Gasteiger partial charge in [0.1, 0.15) is 34.4 Å². The Morgan fingerprint density at radius 1 is 0.362 bits per heavy atom. The number of rotatable bonds is 10. The number of nitrogens with zero attached hydrogens (tertiary/aromatic N) is 5. The molecule has 0 atom stereocenters. The van der Waals surface area contributed by atoms with E-state index >= 15 is 0 Å². The predicted octanol–water partition coefficient (Wildman–Crippen LogP) is 16.4. The van der Waals surface area contributed by atoms with Crippen LogP contribution in [-0.2, 0) is 67.1 Å². The van der Waals surface area contributed by atoms with Gasteiger partial charge in [-0.1, -0.05) is 133 Å². The molecule has 1 aromatic heterocycles. The molecule has 4 N–H and O–H groups in total. The monoisotopic (exact) mass is 1240 g/mol. The molecule has 0 fully saturated rings. The number of fused-ring (bicyclic) bond motifs is 1. The van der Waals surface area contributed by atoms with Crippen LogP contribution in [0.25, 0.3) is 10.9 Å². The van der Waals surface area contributed by atoms with Gasteiger partial charge in [0.25, 0.3) is 0 Å². The van der Waals surface area contributed by atoms with Gasteiger partial charge in [0.05, 0.1) is 22.6 Å². The summed E-state index contributed by atoms with van der Waals surface area (Å²) in [7, 11) is 0. The minimum absolute atomic E-state index is 0. The van der Waals surface area contributed by atoms with Crippen molar-refractivity contribution < 1.29 is 92.3 Å². The minimum atomic E-state index is 0. The van der Waals surface area contributed by atoms with Crippen LogP contribution in [0.1, 0.15) is 50.1 Å². The molecule has 80 heavy (non-hydrogen) atoms. The zero-order valence-corrected chi connectivity index (χ0v) is 48.5. The van der Waals surface area contributed by atoms with Crippen molar-refractivity contribution in [3.05, 3.63) is 269 Å². The summed E-state index contributed by atoms with van der Waals surface area (Å²) >= 11 is 0. The molecule has 4 radical (unpaired) electrons. The summed E-state index contributed by atoms with van der Waals surface area (Å²) in [6.45, 7) is 10.3. The molecule has 10 aromatic rings. The fraction of sp³-hybridized carbons (Fsp3) is 0.0758. The molecule has 0 aliphatic carbocycles. The van der Waals surface area contributed by atoms with E-state index in [4.69, 9.17) is 4.74 Å². The summed E-state index contributed by atoms with van der Waals surface area (Å²) in [6, 6.07) is 65.7. The number of pyridine rings is 1. The standard InChI is InChI=1S/C19H15NO2.C16H12N2O.C16H17NO.C15H15NO.4Co/c21-18-12-6-4-8-15(18)14-20-17-11-5-7-13-19(17)22-16-9-2-1-3-10-16;19-15-9-2-1-5-13(15)11-18-14-8-3-6-12-7-4-10-17-16(12)14;1-11-8-12(2)16(13(3)9-11)17-10-14-6-4-5-7-15(14)18;1-11-6-5-7-12(2)15(11)16-10-13-8-3-4-9-14(13)17;;;;/h1-14,21H;1-11,19H;4-10,18H,1-3H3;3-10,17H,1-2H3;;;;. The number of phenols is 4. The van der Waals surface area contributed by atoms with E-state index in [9.17, 15) is 20.4 Å². The fourth-order valence-corrected chi connectivity index (χ4v) is 7.78. The summed E-state index contributed by atoms with van der Waals surface area (Å²) in [4.78, 5) is 22.1. The molecule has 1 heterocycles. The van der Waals surface area contributed by atoms with Crippen LogP contribution in [0.3, 0.4) is 0 Å². The van der Waals surface area contributed by atoms with Gasteiger partial charge in [-0.25, -0.2) is 0 Å². The van der Waals surface area contributed by atoms with Gasteiger partial charge in [-0.3, -0.25) is 25.0 Å². The van der Waals surface area contributed by atoms with E-state index in [-0.39, 0.29) is 90.1 Å². The molecule has 14 heteroatoms. The van der Waals surface area contributed by atoms with Crippen LogP contribution < -0.4 is 4.74 Å². The molecule has 414 valence electrons. The Hall–Kier alpha value is -7.90. The topological polar surface area (TPSA) is 152 Å². The number of aliphatic imine (C=N–C) groups is 4. The van der Waals surface area contributed by atoms with Crippen molar-refractivity contribution in [2.75, 3.05) is 0 Å². The van der Waals surface area contributed by atoms with E-state index in [1.807, 2.05) is 159 Å². The number of hydrogen-bond donors (Lipinski definition) is 4. The Kier molecular flexibility index (Phi) is 28.4. The Bertz CT molecular complexity index is 3620. The molecule has 10 nitrogen and oxygen atoms in total. The van der Waals surface area contributed by atoms with Crippen molar-refractivity contribution >= 4 is 58.5 Å². The third kappa shape index (κ3) is 19.8. The zero-order valence-electron chi connectivity index (χ0n) is 44.4. The van der Waals surface area contributed by atoms with E-state index in [2.05, 4.69) is 57.9 Å². The molecular weight excluding hydrogens is 1180 g/mol. The predicted molar refractivity (Wildman–Crippen MR) is 313 cm³/mol. The van der Waals surface area contributed by atoms with Gasteiger partial charge < -0.3 is 25.2 Å². The van der Waals surface area contributed by atoms with Crippen LogP contribution in [0.2, 0.25) is 0 Å². The first kappa shape index (κ1) is 66.4. The van der Waals surface area contributed by atoms with Gasteiger partial charge >= 0.3 is 0 Å². The van der Waals surface area contributed by atoms with Crippen LogP contribution in [0.5, 0.6) is 34.5 Å². The summed E-state index contributed by atoms with van der Waals surface area (Å²) < 4.78 is 5.85. The van der Waals surface area contributed by atoms with E-state index in [1.54, 1.807) is 85.7 Å². The zero-order chi connectivity index (χ0) is 53.7. The Balaban J connectivity index is 0.000000277. The third-order valence-corrected chi connectivity index (χ3v) is 11.6. The number of aryl methyl sites for hydroxylation is 5. The van der Waals surface area contributed by atoms with Gasteiger partial charge in [0.2, 0.25) is 0 Å². The molecule has 9 aromatic carbocycles. The smallest absolute Gasteiger partial charge is 0.153 e. The molecular formula is C66H59Co4N5O5. The number of aromatic hydroxyl groups is 4. The SMILES string of the molecule is Cc1cc(C)c(N=Cc2ccccc2O)c(C)c1.Cc1cccc(C)c1N=Cc1ccccc1O.Oc1ccccc1C=Nc1cccc2cccnc12.Oc1ccccc1C=Nc1ccccc1Oc1ccccc1.[Co].[Co].[Co].[Co]. The van der Waals surface area contributed by atoms with Crippen LogP contribution in [0.15, 0.2) is 238 Å². The van der Waals surface area contributed by atoms with E-state index in [1.165, 1.54) is 5.56 Å². The average molecular weight is 1240 g/mol. The van der Waals surface area contributed by atoms with Gasteiger partial charge in [-0.15, -0.1) is 0 Å². The number of phenolic OH excluding ortho intramolecular Hbond substituents is 4. The number of aromatic nitrogens is 1. The van der Waals surface area contributed by atoms with Crippen molar-refractivity contribution in [3.8, 4) is 34.5 Å². The van der Waals surface area contributed by atoms with Crippen molar-refractivity contribution in [3.63, 3.8) is 0 Å². The first-order chi connectivity index (χ1) is 36.9. The average Bonchev–Trinajstić information content (AvgIpc) is 3.42. The maximum atomic E-state index is 9.77. The summed E-state index contributed by atoms with van der Waals surface area (Å²) in [6.07, 6.45) is 8.44. The molecule has 0 bridgehead atoms. The van der Waals surface area contributed by atoms with Gasteiger partial charge in [0.15, 0.2) is 5.75 Å². The normalized spacial score (nSPS) is 10.4. The van der Waals surface area contributed by atoms with Crippen LogP contribution in [-0.4, -0.2) is 50.3 Å². The van der Waals surface area contributed by atoms with Crippen LogP contribution >= 0.6 is 0 Å². The number of para-hydroxylation sites is 9. The van der Waals surface area contributed by atoms with E-state index < -0.39 is 0 Å². The molecule has 0 amide bonds. The Labute approximate surface area is 509 Å². The largest absolute Gasteiger partial charge is 0.507 e. The fourth-order valence-electron chi connectivity index (χ4n) is 7.78. The summed E-state index contributed by atoms with van der Waals surface area (Å²) in [5, 5.41) is 39.8. The van der Waals surface area contributed by atoms with Crippen LogP contribution in [0, 0.1) is 34.6 Å². The second-order valence-corrected chi connectivity index (χ2v) is 17.5. The molecule has 10 rings (SSSR count).